The maximum atomic E-state index is 6.09. The van der Waals surface area contributed by atoms with Crippen molar-refractivity contribution >= 4 is 29.4 Å². The van der Waals surface area contributed by atoms with Crippen molar-refractivity contribution in [1.82, 2.24) is 0 Å². The summed E-state index contributed by atoms with van der Waals surface area (Å²) in [4.78, 5) is 4.58. The summed E-state index contributed by atoms with van der Waals surface area (Å²) in [5.74, 6) is 0.690. The Kier molecular flexibility index (Phi) is 7.32. The van der Waals surface area contributed by atoms with Gasteiger partial charge in [0.2, 0.25) is 0 Å². The minimum Gasteiger partial charge on any atom is -0.264 e. The van der Waals surface area contributed by atoms with E-state index in [9.17, 15) is 0 Å². The van der Waals surface area contributed by atoms with Crippen molar-refractivity contribution in [2.45, 2.75) is 46.5 Å². The van der Waals surface area contributed by atoms with E-state index in [0.717, 1.165) is 23.6 Å². The highest BCUT2D eigenvalue weighted by Crippen LogP contribution is 2.32. The Bertz CT molecular complexity index is 504. The van der Waals surface area contributed by atoms with E-state index in [1.807, 2.05) is 6.07 Å². The van der Waals surface area contributed by atoms with Crippen molar-refractivity contribution in [2.24, 2.45) is 4.99 Å². The predicted molar refractivity (Wildman–Crippen MR) is 91.4 cm³/mol. The van der Waals surface area contributed by atoms with E-state index in [1.54, 1.807) is 6.21 Å². The van der Waals surface area contributed by atoms with Gasteiger partial charge in [-0.15, -0.1) is 11.6 Å². The molecular weight excluding hydrogens is 289 g/mol. The molecule has 0 aliphatic carbocycles. The lowest BCUT2D eigenvalue weighted by molar-refractivity contribution is 0.827. The Labute approximate surface area is 132 Å². The molecule has 0 aliphatic heterocycles. The molecule has 0 heterocycles. The van der Waals surface area contributed by atoms with E-state index in [0.29, 0.717) is 5.88 Å². The number of halogens is 2. The lowest BCUT2D eigenvalue weighted by Crippen LogP contribution is -2.03. The highest BCUT2D eigenvalue weighted by atomic mass is 35.5. The van der Waals surface area contributed by atoms with E-state index in [4.69, 9.17) is 23.2 Å². The van der Waals surface area contributed by atoms with Crippen LogP contribution in [-0.2, 0) is 6.42 Å². The Balaban J connectivity index is 3.26. The van der Waals surface area contributed by atoms with Crippen LogP contribution in [-0.4, -0.2) is 12.1 Å². The first-order valence-corrected chi connectivity index (χ1v) is 8.02. The third-order valence-corrected chi connectivity index (χ3v) is 4.00. The van der Waals surface area contributed by atoms with Crippen LogP contribution in [0.1, 0.15) is 51.2 Å². The molecule has 0 bridgehead atoms. The monoisotopic (exact) mass is 311 g/mol. The van der Waals surface area contributed by atoms with Crippen LogP contribution in [0.25, 0.3) is 0 Å². The minimum atomic E-state index is 0.252. The number of alkyl halides is 1. The van der Waals surface area contributed by atoms with Crippen LogP contribution in [0.5, 0.6) is 0 Å². The van der Waals surface area contributed by atoms with Crippen molar-refractivity contribution in [3.8, 4) is 0 Å². The van der Waals surface area contributed by atoms with Gasteiger partial charge in [0.1, 0.15) is 0 Å². The van der Waals surface area contributed by atoms with Gasteiger partial charge in [-0.05, 0) is 43.0 Å². The van der Waals surface area contributed by atoms with E-state index >= 15 is 0 Å². The van der Waals surface area contributed by atoms with Crippen LogP contribution in [0.15, 0.2) is 34.5 Å². The summed E-state index contributed by atoms with van der Waals surface area (Å²) in [6.45, 7) is 8.64. The number of rotatable bonds is 6. The molecule has 1 unspecified atom stereocenters. The molecule has 0 saturated carbocycles. The maximum Gasteiger partial charge on any atom is 0.0577 e. The maximum absolute atomic E-state index is 6.09. The Morgan fingerprint density at radius 2 is 2.05 bits per heavy atom. The summed E-state index contributed by atoms with van der Waals surface area (Å²) in [7, 11) is 0. The topological polar surface area (TPSA) is 12.4 Å². The molecule has 0 saturated heterocycles. The van der Waals surface area contributed by atoms with Gasteiger partial charge < -0.3 is 0 Å². The molecule has 0 aliphatic rings. The molecule has 1 nitrogen and oxygen atoms in total. The van der Waals surface area contributed by atoms with E-state index in [1.165, 1.54) is 16.7 Å². The molecule has 20 heavy (non-hydrogen) atoms. The Morgan fingerprint density at radius 1 is 1.35 bits per heavy atom. The Morgan fingerprint density at radius 3 is 2.60 bits per heavy atom. The lowest BCUT2D eigenvalue weighted by atomic mass is 9.90. The van der Waals surface area contributed by atoms with Crippen LogP contribution in [0.2, 0.25) is 5.02 Å². The number of aryl methyl sites for hydroxylation is 1. The number of hydrogen-bond donors (Lipinski definition) is 0. The van der Waals surface area contributed by atoms with Gasteiger partial charge in [-0.3, -0.25) is 4.99 Å². The van der Waals surface area contributed by atoms with Gasteiger partial charge in [0, 0.05) is 22.9 Å². The van der Waals surface area contributed by atoms with Gasteiger partial charge in [0.15, 0.2) is 0 Å². The van der Waals surface area contributed by atoms with Crippen molar-refractivity contribution < 1.29 is 0 Å². The molecule has 0 radical (unpaired) electrons. The zero-order valence-corrected chi connectivity index (χ0v) is 14.2. The summed E-state index contributed by atoms with van der Waals surface area (Å²) < 4.78 is 0. The number of nitrogens with zero attached hydrogens (tertiary/aromatic N) is 1. The summed E-state index contributed by atoms with van der Waals surface area (Å²) in [6.07, 6.45) is 3.74. The van der Waals surface area contributed by atoms with Crippen LogP contribution in [0.4, 0.5) is 0 Å². The summed E-state index contributed by atoms with van der Waals surface area (Å²) >= 11 is 11.8. The molecule has 0 fully saturated rings. The molecule has 110 valence electrons. The first kappa shape index (κ1) is 17.3. The van der Waals surface area contributed by atoms with Crippen molar-refractivity contribution in [3.05, 3.63) is 45.6 Å². The largest absolute Gasteiger partial charge is 0.264 e. The summed E-state index contributed by atoms with van der Waals surface area (Å²) in [6, 6.07) is 6.12. The van der Waals surface area contributed by atoms with Crippen LogP contribution in [0.3, 0.4) is 0 Å². The smallest absolute Gasteiger partial charge is 0.0577 e. The fraction of sp³-hybridized carbons (Fsp3) is 0.471. The molecule has 0 N–H and O–H groups in total. The van der Waals surface area contributed by atoms with E-state index in [2.05, 4.69) is 44.8 Å². The molecule has 3 heteroatoms. The van der Waals surface area contributed by atoms with Crippen molar-refractivity contribution in [1.29, 1.82) is 0 Å². The zero-order valence-electron chi connectivity index (χ0n) is 12.7. The number of aliphatic imine (C=N–C) groups is 1. The summed E-state index contributed by atoms with van der Waals surface area (Å²) in [5.41, 5.74) is 5.00. The number of benzene rings is 1. The Hall–Kier alpha value is -0.790. The summed E-state index contributed by atoms with van der Waals surface area (Å²) in [5, 5.41) is 0.791. The number of allylic oxidation sites excluding steroid dienone is 2. The molecule has 0 spiro atoms. The average molecular weight is 312 g/mol. The van der Waals surface area contributed by atoms with Crippen molar-refractivity contribution in [2.75, 3.05) is 5.88 Å². The lowest BCUT2D eigenvalue weighted by Gasteiger charge is -2.19. The normalized spacial score (nSPS) is 14.5. The molecule has 1 aromatic carbocycles. The van der Waals surface area contributed by atoms with Gasteiger partial charge >= 0.3 is 0 Å². The second-order valence-corrected chi connectivity index (χ2v) is 5.65. The molecular formula is C17H23Cl2N. The first-order chi connectivity index (χ1) is 9.54. The molecule has 1 rings (SSSR count). The number of hydrogen-bond acceptors (Lipinski definition) is 1. The van der Waals surface area contributed by atoms with Crippen LogP contribution < -0.4 is 0 Å². The second kappa shape index (κ2) is 8.49. The highest BCUT2D eigenvalue weighted by molar-refractivity contribution is 6.30. The average Bonchev–Trinajstić information content (AvgIpc) is 2.46. The van der Waals surface area contributed by atoms with Gasteiger partial charge in [-0.25, -0.2) is 0 Å². The molecule has 1 aromatic rings. The predicted octanol–water partition coefficient (Wildman–Crippen LogP) is 6.00. The molecule has 0 amide bonds. The van der Waals surface area contributed by atoms with Crippen molar-refractivity contribution in [3.63, 3.8) is 0 Å². The third-order valence-electron chi connectivity index (χ3n) is 3.63. The van der Waals surface area contributed by atoms with Gasteiger partial charge in [-0.1, -0.05) is 44.0 Å². The van der Waals surface area contributed by atoms with Crippen LogP contribution >= 0.6 is 23.2 Å². The van der Waals surface area contributed by atoms with E-state index < -0.39 is 0 Å². The fourth-order valence-corrected chi connectivity index (χ4v) is 2.62. The van der Waals surface area contributed by atoms with Gasteiger partial charge in [-0.2, -0.15) is 0 Å². The van der Waals surface area contributed by atoms with Gasteiger partial charge in [0.05, 0.1) is 5.88 Å². The van der Waals surface area contributed by atoms with Gasteiger partial charge in [0.25, 0.3) is 0 Å². The third kappa shape index (κ3) is 4.36. The van der Waals surface area contributed by atoms with E-state index in [-0.39, 0.29) is 5.92 Å². The SMILES string of the molecule is CC/C(C)=C(\N=CCCl)C(C)c1ccc(Cl)cc1CC. The minimum absolute atomic E-state index is 0.252. The van der Waals surface area contributed by atoms with Crippen LogP contribution in [0, 0.1) is 0 Å². The molecule has 1 atom stereocenters. The standard InChI is InChI=1S/C17H23Cl2N/c1-5-12(3)17(20-10-9-18)13(4)16-8-7-15(19)11-14(16)6-2/h7-8,10-11,13H,5-6,9H2,1-4H3/b17-12-,20-10?. The zero-order chi connectivity index (χ0) is 15.1. The second-order valence-electron chi connectivity index (χ2n) is 4.90. The highest BCUT2D eigenvalue weighted by Gasteiger charge is 2.16. The molecule has 0 aromatic heterocycles. The first-order valence-electron chi connectivity index (χ1n) is 7.11. The fourth-order valence-electron chi connectivity index (χ4n) is 2.36. The quantitative estimate of drug-likeness (QED) is 0.451.